The fourth-order valence-electron chi connectivity index (χ4n) is 3.80. The van der Waals surface area contributed by atoms with Crippen LogP contribution in [0.2, 0.25) is 0 Å². The normalized spacial score (nSPS) is 29.4. The maximum atomic E-state index is 9.72. The molecule has 0 amide bonds. The number of aliphatic hydroxyl groups excluding tert-OH is 1. The number of hydrogen-bond donors (Lipinski definition) is 1. The van der Waals surface area contributed by atoms with E-state index in [-0.39, 0.29) is 6.10 Å². The third-order valence-corrected chi connectivity index (χ3v) is 4.71. The number of nitrogens with zero attached hydrogens (tertiary/aromatic N) is 1. The second-order valence-corrected chi connectivity index (χ2v) is 5.98. The van der Waals surface area contributed by atoms with Gasteiger partial charge < -0.3 is 14.6 Å². The highest BCUT2D eigenvalue weighted by molar-refractivity contribution is 5.44. The molecular formula is C16H23NO3. The van der Waals surface area contributed by atoms with Crippen LogP contribution < -0.4 is 9.47 Å². The molecule has 110 valence electrons. The van der Waals surface area contributed by atoms with Gasteiger partial charge in [-0.15, -0.1) is 0 Å². The molecule has 0 bridgehead atoms. The Morgan fingerprint density at radius 3 is 2.15 bits per heavy atom. The number of rotatable bonds is 4. The molecule has 1 N–H and O–H groups in total. The van der Waals surface area contributed by atoms with Gasteiger partial charge in [0.2, 0.25) is 0 Å². The molecule has 3 atom stereocenters. The first-order valence-corrected chi connectivity index (χ1v) is 7.31. The summed E-state index contributed by atoms with van der Waals surface area (Å²) in [5.74, 6) is 3.10. The van der Waals surface area contributed by atoms with Crippen LogP contribution in [0.3, 0.4) is 0 Å². The number of ether oxygens (including phenoxy) is 2. The van der Waals surface area contributed by atoms with Crippen molar-refractivity contribution in [3.63, 3.8) is 0 Å². The zero-order valence-electron chi connectivity index (χ0n) is 12.2. The molecule has 1 aromatic rings. The molecule has 1 saturated carbocycles. The van der Waals surface area contributed by atoms with Gasteiger partial charge in [-0.2, -0.15) is 0 Å². The number of fused-ring (bicyclic) bond motifs is 1. The number of aliphatic hydroxyl groups is 1. The van der Waals surface area contributed by atoms with Crippen molar-refractivity contribution < 1.29 is 14.6 Å². The lowest BCUT2D eigenvalue weighted by molar-refractivity contribution is 0.160. The predicted octanol–water partition coefficient (Wildman–Crippen LogP) is 1.91. The van der Waals surface area contributed by atoms with Crippen molar-refractivity contribution in [2.45, 2.75) is 25.5 Å². The third-order valence-electron chi connectivity index (χ3n) is 4.71. The summed E-state index contributed by atoms with van der Waals surface area (Å²) < 4.78 is 10.9. The van der Waals surface area contributed by atoms with Gasteiger partial charge in [-0.1, -0.05) is 6.07 Å². The quantitative estimate of drug-likeness (QED) is 0.913. The molecule has 3 rings (SSSR count). The van der Waals surface area contributed by atoms with Crippen LogP contribution in [0.15, 0.2) is 18.2 Å². The molecular weight excluding hydrogens is 254 g/mol. The topological polar surface area (TPSA) is 41.9 Å². The van der Waals surface area contributed by atoms with Crippen LogP contribution in [0, 0.1) is 11.8 Å². The van der Waals surface area contributed by atoms with E-state index in [0.29, 0.717) is 11.8 Å². The van der Waals surface area contributed by atoms with Gasteiger partial charge in [0.1, 0.15) is 11.5 Å². The van der Waals surface area contributed by atoms with Crippen LogP contribution in [-0.2, 0) is 6.54 Å². The van der Waals surface area contributed by atoms with Gasteiger partial charge in [-0.3, -0.25) is 4.90 Å². The Kier molecular flexibility index (Phi) is 3.85. The summed E-state index contributed by atoms with van der Waals surface area (Å²) in [5, 5.41) is 9.72. The fourth-order valence-corrected chi connectivity index (χ4v) is 3.80. The monoisotopic (exact) mass is 277 g/mol. The summed E-state index contributed by atoms with van der Waals surface area (Å²) in [7, 11) is 3.40. The van der Waals surface area contributed by atoms with Crippen molar-refractivity contribution in [1.29, 1.82) is 0 Å². The van der Waals surface area contributed by atoms with Crippen molar-refractivity contribution in [2.75, 3.05) is 27.3 Å². The van der Waals surface area contributed by atoms with Crippen LogP contribution in [0.25, 0.3) is 0 Å². The van der Waals surface area contributed by atoms with Crippen molar-refractivity contribution in [3.8, 4) is 11.5 Å². The van der Waals surface area contributed by atoms with Gasteiger partial charge in [0.05, 0.1) is 25.9 Å². The van der Waals surface area contributed by atoms with Gasteiger partial charge in [0.25, 0.3) is 0 Å². The van der Waals surface area contributed by atoms with E-state index in [1.165, 1.54) is 0 Å². The Labute approximate surface area is 120 Å². The summed E-state index contributed by atoms with van der Waals surface area (Å²) >= 11 is 0. The molecule has 1 aliphatic heterocycles. The largest absolute Gasteiger partial charge is 0.496 e. The zero-order valence-corrected chi connectivity index (χ0v) is 12.2. The molecule has 0 radical (unpaired) electrons. The molecule has 2 fully saturated rings. The summed E-state index contributed by atoms with van der Waals surface area (Å²) in [5.41, 5.74) is 1.12. The van der Waals surface area contributed by atoms with Gasteiger partial charge in [-0.05, 0) is 36.8 Å². The predicted molar refractivity (Wildman–Crippen MR) is 77.0 cm³/mol. The molecule has 4 heteroatoms. The summed E-state index contributed by atoms with van der Waals surface area (Å²) in [6.07, 6.45) is 1.85. The van der Waals surface area contributed by atoms with E-state index in [1.807, 2.05) is 18.2 Å². The van der Waals surface area contributed by atoms with Crippen molar-refractivity contribution >= 4 is 0 Å². The summed E-state index contributed by atoms with van der Waals surface area (Å²) in [6.45, 7) is 3.00. The molecule has 4 nitrogen and oxygen atoms in total. The van der Waals surface area contributed by atoms with Crippen LogP contribution in [0.1, 0.15) is 18.4 Å². The van der Waals surface area contributed by atoms with Gasteiger partial charge >= 0.3 is 0 Å². The lowest BCUT2D eigenvalue weighted by Gasteiger charge is -2.21. The van der Waals surface area contributed by atoms with E-state index in [9.17, 15) is 5.11 Å². The van der Waals surface area contributed by atoms with Gasteiger partial charge in [-0.25, -0.2) is 0 Å². The van der Waals surface area contributed by atoms with E-state index >= 15 is 0 Å². The van der Waals surface area contributed by atoms with Gasteiger partial charge in [0.15, 0.2) is 0 Å². The first-order valence-electron chi connectivity index (χ1n) is 7.31. The minimum absolute atomic E-state index is 0.0760. The lowest BCUT2D eigenvalue weighted by atomic mass is 10.0. The summed E-state index contributed by atoms with van der Waals surface area (Å²) in [6, 6.07) is 5.92. The molecule has 0 aromatic heterocycles. The maximum absolute atomic E-state index is 9.72. The molecule has 1 unspecified atom stereocenters. The average molecular weight is 277 g/mol. The third kappa shape index (κ3) is 2.50. The summed E-state index contributed by atoms with van der Waals surface area (Å²) in [4.78, 5) is 2.46. The van der Waals surface area contributed by atoms with E-state index < -0.39 is 0 Å². The van der Waals surface area contributed by atoms with Crippen LogP contribution >= 0.6 is 0 Å². The highest BCUT2D eigenvalue weighted by atomic mass is 16.5. The number of hydrogen-bond acceptors (Lipinski definition) is 4. The number of likely N-dealkylation sites (tertiary alicyclic amines) is 1. The fraction of sp³-hybridized carbons (Fsp3) is 0.625. The first-order chi connectivity index (χ1) is 9.71. The van der Waals surface area contributed by atoms with Crippen molar-refractivity contribution in [3.05, 3.63) is 23.8 Å². The first kappa shape index (κ1) is 13.7. The molecule has 1 saturated heterocycles. The van der Waals surface area contributed by atoms with E-state index in [4.69, 9.17) is 9.47 Å². The second-order valence-electron chi connectivity index (χ2n) is 5.98. The maximum Gasteiger partial charge on any atom is 0.127 e. The Balaban J connectivity index is 1.73. The van der Waals surface area contributed by atoms with E-state index in [0.717, 1.165) is 49.5 Å². The molecule has 1 aliphatic carbocycles. The van der Waals surface area contributed by atoms with E-state index in [1.54, 1.807) is 14.2 Å². The molecule has 2 aliphatic rings. The minimum Gasteiger partial charge on any atom is -0.496 e. The molecule has 1 aromatic carbocycles. The average Bonchev–Trinajstić information content (AvgIpc) is 2.95. The number of methoxy groups -OCH3 is 2. The highest BCUT2D eigenvalue weighted by Crippen LogP contribution is 2.40. The van der Waals surface area contributed by atoms with Crippen molar-refractivity contribution in [2.24, 2.45) is 11.8 Å². The number of benzene rings is 1. The Morgan fingerprint density at radius 1 is 1.10 bits per heavy atom. The SMILES string of the molecule is COc1cccc(OC)c1CN1C[C@H]2CC(O)C[C@H]2C1. The van der Waals surface area contributed by atoms with Crippen LogP contribution in [0.4, 0.5) is 0 Å². The van der Waals surface area contributed by atoms with Crippen molar-refractivity contribution in [1.82, 2.24) is 4.90 Å². The second kappa shape index (κ2) is 5.62. The van der Waals surface area contributed by atoms with Crippen LogP contribution in [-0.4, -0.2) is 43.4 Å². The zero-order chi connectivity index (χ0) is 14.1. The van der Waals surface area contributed by atoms with Crippen LogP contribution in [0.5, 0.6) is 11.5 Å². The standard InChI is InChI=1S/C16H23NO3/c1-19-15-4-3-5-16(20-2)14(15)10-17-8-11-6-13(18)7-12(11)9-17/h3-5,11-13,18H,6-10H2,1-2H3/t11-,12+,13?. The smallest absolute Gasteiger partial charge is 0.127 e. The lowest BCUT2D eigenvalue weighted by Crippen LogP contribution is -2.23. The Hall–Kier alpha value is -1.26. The molecule has 0 spiro atoms. The van der Waals surface area contributed by atoms with Gasteiger partial charge in [0, 0.05) is 19.6 Å². The Bertz CT molecular complexity index is 441. The molecule has 20 heavy (non-hydrogen) atoms. The highest BCUT2D eigenvalue weighted by Gasteiger charge is 2.40. The van der Waals surface area contributed by atoms with E-state index in [2.05, 4.69) is 4.90 Å². The minimum atomic E-state index is -0.0760. The Morgan fingerprint density at radius 2 is 1.65 bits per heavy atom. The molecule has 1 heterocycles.